The Bertz CT molecular complexity index is 873. The Morgan fingerprint density at radius 1 is 1.00 bits per heavy atom. The monoisotopic (exact) mass is 419 g/mol. The van der Waals surface area contributed by atoms with Crippen LogP contribution in [0.2, 0.25) is 0 Å². The molecule has 8 heteroatoms. The summed E-state index contributed by atoms with van der Waals surface area (Å²) in [6.07, 6.45) is -2.71. The van der Waals surface area contributed by atoms with Crippen molar-refractivity contribution in [1.82, 2.24) is 9.80 Å². The molecule has 0 bridgehead atoms. The van der Waals surface area contributed by atoms with Gasteiger partial charge in [0.2, 0.25) is 0 Å². The number of benzene rings is 2. The predicted octanol–water partition coefficient (Wildman–Crippen LogP) is 4.72. The normalized spacial score (nSPS) is 21.9. The number of nitrogens with zero attached hydrogens (tertiary/aromatic N) is 2. The lowest BCUT2D eigenvalue weighted by atomic mass is 9.86. The highest BCUT2D eigenvalue weighted by Gasteiger charge is 2.44. The zero-order valence-electron chi connectivity index (χ0n) is 16.5. The van der Waals surface area contributed by atoms with Gasteiger partial charge in [0, 0.05) is 37.3 Å². The second-order valence-electron chi connectivity index (χ2n) is 8.12. The van der Waals surface area contributed by atoms with Crippen molar-refractivity contribution in [2.75, 3.05) is 31.5 Å². The van der Waals surface area contributed by atoms with E-state index in [-0.39, 0.29) is 17.2 Å². The molecule has 1 spiro atoms. The van der Waals surface area contributed by atoms with Gasteiger partial charge < -0.3 is 15.0 Å². The maximum absolute atomic E-state index is 12.6. The molecule has 2 saturated heterocycles. The quantitative estimate of drug-likeness (QED) is 0.780. The molecule has 2 heterocycles. The maximum atomic E-state index is 12.6. The van der Waals surface area contributed by atoms with Crippen molar-refractivity contribution in [3.05, 3.63) is 60.2 Å². The minimum absolute atomic E-state index is 0.122. The molecule has 1 atom stereocenters. The van der Waals surface area contributed by atoms with Crippen LogP contribution in [-0.2, 0) is 6.54 Å². The van der Waals surface area contributed by atoms with E-state index in [1.54, 1.807) is 4.90 Å². The maximum Gasteiger partial charge on any atom is 0.573 e. The molecule has 2 aromatic rings. The SMILES string of the molecule is O=C(Nc1ccc(OC(F)(F)F)cc1)N1CCC2(CCN(Cc3ccccc3)C2)C1. The van der Waals surface area contributed by atoms with Gasteiger partial charge in [0.1, 0.15) is 5.75 Å². The number of hydrogen-bond acceptors (Lipinski definition) is 3. The minimum Gasteiger partial charge on any atom is -0.406 e. The van der Waals surface area contributed by atoms with E-state index in [2.05, 4.69) is 27.1 Å². The molecule has 2 amide bonds. The van der Waals surface area contributed by atoms with Crippen LogP contribution in [-0.4, -0.2) is 48.4 Å². The molecule has 5 nitrogen and oxygen atoms in total. The van der Waals surface area contributed by atoms with Gasteiger partial charge in [-0.05, 0) is 49.2 Å². The highest BCUT2D eigenvalue weighted by atomic mass is 19.4. The number of carbonyl (C=O) groups is 1. The van der Waals surface area contributed by atoms with Crippen molar-refractivity contribution in [2.24, 2.45) is 5.41 Å². The van der Waals surface area contributed by atoms with E-state index >= 15 is 0 Å². The summed E-state index contributed by atoms with van der Waals surface area (Å²) in [6, 6.07) is 15.3. The molecule has 2 aliphatic heterocycles. The van der Waals surface area contributed by atoms with Crippen LogP contribution in [0.5, 0.6) is 5.75 Å². The second-order valence-corrected chi connectivity index (χ2v) is 8.12. The Labute approximate surface area is 173 Å². The molecule has 2 fully saturated rings. The predicted molar refractivity (Wildman–Crippen MR) is 107 cm³/mol. The summed E-state index contributed by atoms with van der Waals surface area (Å²) in [7, 11) is 0. The summed E-state index contributed by atoms with van der Waals surface area (Å²) >= 11 is 0. The van der Waals surface area contributed by atoms with E-state index in [1.165, 1.54) is 29.8 Å². The molecule has 0 saturated carbocycles. The van der Waals surface area contributed by atoms with Crippen molar-refractivity contribution in [2.45, 2.75) is 25.7 Å². The van der Waals surface area contributed by atoms with E-state index in [1.807, 2.05) is 18.2 Å². The largest absolute Gasteiger partial charge is 0.573 e. The number of hydrogen-bond donors (Lipinski definition) is 1. The zero-order chi connectivity index (χ0) is 21.2. The molecule has 0 radical (unpaired) electrons. The van der Waals surface area contributed by atoms with Gasteiger partial charge in [-0.2, -0.15) is 0 Å². The van der Waals surface area contributed by atoms with Gasteiger partial charge in [0.15, 0.2) is 0 Å². The number of amides is 2. The molecule has 4 rings (SSSR count). The van der Waals surface area contributed by atoms with Gasteiger partial charge in [-0.3, -0.25) is 4.90 Å². The third kappa shape index (κ3) is 5.05. The number of alkyl halides is 3. The van der Waals surface area contributed by atoms with Crippen molar-refractivity contribution in [3.8, 4) is 5.75 Å². The molecule has 0 aliphatic carbocycles. The molecule has 2 aromatic carbocycles. The summed E-state index contributed by atoms with van der Waals surface area (Å²) in [5.74, 6) is -0.315. The molecule has 2 aliphatic rings. The van der Waals surface area contributed by atoms with Gasteiger partial charge in [-0.15, -0.1) is 13.2 Å². The van der Waals surface area contributed by atoms with Crippen LogP contribution < -0.4 is 10.1 Å². The van der Waals surface area contributed by atoms with Gasteiger partial charge in [0.25, 0.3) is 0 Å². The van der Waals surface area contributed by atoms with Crippen LogP contribution in [0.15, 0.2) is 54.6 Å². The Kier molecular flexibility index (Phi) is 5.60. The lowest BCUT2D eigenvalue weighted by molar-refractivity contribution is -0.274. The van der Waals surface area contributed by atoms with Crippen LogP contribution in [0.25, 0.3) is 0 Å². The van der Waals surface area contributed by atoms with Crippen molar-refractivity contribution >= 4 is 11.7 Å². The topological polar surface area (TPSA) is 44.8 Å². The van der Waals surface area contributed by atoms with Crippen LogP contribution in [0.1, 0.15) is 18.4 Å². The van der Waals surface area contributed by atoms with Crippen LogP contribution >= 0.6 is 0 Å². The van der Waals surface area contributed by atoms with Gasteiger partial charge in [-0.25, -0.2) is 4.79 Å². The fourth-order valence-electron chi connectivity index (χ4n) is 4.39. The number of anilines is 1. The Balaban J connectivity index is 1.29. The summed E-state index contributed by atoms with van der Waals surface area (Å²) < 4.78 is 40.6. The number of nitrogens with one attached hydrogen (secondary N) is 1. The summed E-state index contributed by atoms with van der Waals surface area (Å²) in [5, 5.41) is 2.77. The second kappa shape index (κ2) is 8.18. The number of urea groups is 1. The number of ether oxygens (including phenoxy) is 1. The smallest absolute Gasteiger partial charge is 0.406 e. The Morgan fingerprint density at radius 3 is 2.40 bits per heavy atom. The first kappa shape index (κ1) is 20.5. The molecular formula is C22H24F3N3O2. The number of halogens is 3. The summed E-state index contributed by atoms with van der Waals surface area (Å²) in [6.45, 7) is 4.28. The molecule has 0 aromatic heterocycles. The molecular weight excluding hydrogens is 395 g/mol. The average molecular weight is 419 g/mol. The Hall–Kier alpha value is -2.74. The third-order valence-electron chi connectivity index (χ3n) is 5.83. The first-order valence-electron chi connectivity index (χ1n) is 9.98. The number of rotatable bonds is 4. The highest BCUT2D eigenvalue weighted by molar-refractivity contribution is 5.89. The van der Waals surface area contributed by atoms with Gasteiger partial charge in [-0.1, -0.05) is 30.3 Å². The van der Waals surface area contributed by atoms with E-state index in [4.69, 9.17) is 0 Å². The number of carbonyl (C=O) groups excluding carboxylic acids is 1. The highest BCUT2D eigenvalue weighted by Crippen LogP contribution is 2.40. The lowest BCUT2D eigenvalue weighted by Crippen LogP contribution is -2.36. The third-order valence-corrected chi connectivity index (χ3v) is 5.83. The summed E-state index contributed by atoms with van der Waals surface area (Å²) in [4.78, 5) is 16.9. The molecule has 30 heavy (non-hydrogen) atoms. The van der Waals surface area contributed by atoms with Gasteiger partial charge in [0.05, 0.1) is 0 Å². The van der Waals surface area contributed by atoms with Crippen LogP contribution in [0.4, 0.5) is 23.7 Å². The molecule has 160 valence electrons. The van der Waals surface area contributed by atoms with Crippen LogP contribution in [0.3, 0.4) is 0 Å². The summed E-state index contributed by atoms with van der Waals surface area (Å²) in [5.41, 5.74) is 1.85. The standard InChI is InChI=1S/C22H24F3N3O2/c23-22(24,25)30-19-8-6-18(7-9-19)26-20(29)28-13-11-21(16-28)10-12-27(15-21)14-17-4-2-1-3-5-17/h1-9H,10-16H2,(H,26,29). The zero-order valence-corrected chi connectivity index (χ0v) is 16.5. The van der Waals surface area contributed by atoms with E-state index in [0.717, 1.165) is 32.5 Å². The lowest BCUT2D eigenvalue weighted by Gasteiger charge is -2.25. The molecule has 1 unspecified atom stereocenters. The fourth-order valence-corrected chi connectivity index (χ4v) is 4.39. The van der Waals surface area contributed by atoms with Crippen molar-refractivity contribution < 1.29 is 22.7 Å². The van der Waals surface area contributed by atoms with Crippen molar-refractivity contribution in [1.29, 1.82) is 0 Å². The first-order valence-corrected chi connectivity index (χ1v) is 9.98. The van der Waals surface area contributed by atoms with E-state index < -0.39 is 6.36 Å². The first-order chi connectivity index (χ1) is 14.3. The minimum atomic E-state index is -4.73. The Morgan fingerprint density at radius 2 is 1.70 bits per heavy atom. The van der Waals surface area contributed by atoms with Crippen molar-refractivity contribution in [3.63, 3.8) is 0 Å². The van der Waals surface area contributed by atoms with E-state index in [0.29, 0.717) is 18.8 Å². The number of likely N-dealkylation sites (tertiary alicyclic amines) is 2. The van der Waals surface area contributed by atoms with Crippen LogP contribution in [0, 0.1) is 5.41 Å². The van der Waals surface area contributed by atoms with Gasteiger partial charge >= 0.3 is 12.4 Å². The van der Waals surface area contributed by atoms with E-state index in [9.17, 15) is 18.0 Å². The average Bonchev–Trinajstić information content (AvgIpc) is 3.30. The fraction of sp³-hybridized carbons (Fsp3) is 0.409. The molecule has 1 N–H and O–H groups in total.